The average Bonchev–Trinajstić information content (AvgIpc) is 2.98. The molecule has 0 aromatic carbocycles. The van der Waals surface area contributed by atoms with Crippen molar-refractivity contribution in [2.45, 2.75) is 117 Å². The second-order valence-corrected chi connectivity index (χ2v) is 11.4. The van der Waals surface area contributed by atoms with Gasteiger partial charge in [-0.15, -0.1) is 0 Å². The summed E-state index contributed by atoms with van der Waals surface area (Å²) in [6, 6.07) is -4.28. The fourth-order valence-corrected chi connectivity index (χ4v) is 5.48. The monoisotopic (exact) mass is 626 g/mol. The fraction of sp³-hybridized carbons (Fsp3) is 0.960. The van der Waals surface area contributed by atoms with E-state index in [-0.39, 0.29) is 45.2 Å². The van der Waals surface area contributed by atoms with Gasteiger partial charge < -0.3 is 88.3 Å². The van der Waals surface area contributed by atoms with Crippen molar-refractivity contribution >= 4 is 5.91 Å². The van der Waals surface area contributed by atoms with Gasteiger partial charge in [0.05, 0.1) is 50.1 Å². The van der Waals surface area contributed by atoms with E-state index in [1.165, 1.54) is 0 Å². The Labute approximate surface area is 249 Å². The molecule has 14 atom stereocenters. The zero-order valence-electron chi connectivity index (χ0n) is 24.0. The molecule has 2 saturated heterocycles. The largest absolute Gasteiger partial charge is 0.395 e. The Kier molecular flexibility index (Phi) is 14.3. The Hall–Kier alpha value is -1.17. The molecule has 1 saturated carbocycles. The van der Waals surface area contributed by atoms with E-state index in [1.807, 2.05) is 0 Å². The predicted octanol–water partition coefficient (Wildman–Crippen LogP) is -7.42. The first-order chi connectivity index (χ1) is 20.4. The SMILES string of the molecule is NCCC(O)C(=O)NC1CC(N)C(OC2OC(CNC(CO)CO)CCC2N)C(O)C1OC1OC(CO)C(O)C(N)C1O. The fourth-order valence-electron chi connectivity index (χ4n) is 5.48. The smallest absolute Gasteiger partial charge is 0.249 e. The molecule has 17 N–H and O–H groups in total. The van der Waals surface area contributed by atoms with Crippen LogP contribution < -0.4 is 33.6 Å². The standard InChI is InChI=1S/C25H50N6O12/c26-4-3-15(35)23(39)31-14-5-13(28)21(42-24-12(27)2-1-11(40-24)6-30-10(7-32)8-33)20(38)22(14)43-25-19(37)17(29)18(36)16(9-34)41-25/h10-22,24-25,30,32-38H,1-9,26-29H2,(H,31,39). The molecule has 2 heterocycles. The maximum atomic E-state index is 12.7. The first-order valence-electron chi connectivity index (χ1n) is 14.6. The topological polar surface area (TPSA) is 324 Å². The lowest BCUT2D eigenvalue weighted by atomic mass is 9.83. The highest BCUT2D eigenvalue weighted by Gasteiger charge is 2.51. The minimum absolute atomic E-state index is 0.0178. The number of aliphatic hydroxyl groups is 7. The molecule has 3 rings (SSSR count). The summed E-state index contributed by atoms with van der Waals surface area (Å²) in [7, 11) is 0. The van der Waals surface area contributed by atoms with Gasteiger partial charge >= 0.3 is 0 Å². The first-order valence-corrected chi connectivity index (χ1v) is 14.6. The number of carbonyl (C=O) groups excluding carboxylic acids is 1. The normalized spacial score (nSPS) is 41.3. The molecule has 0 bridgehead atoms. The van der Waals surface area contributed by atoms with E-state index in [2.05, 4.69) is 10.6 Å². The zero-order valence-corrected chi connectivity index (χ0v) is 24.0. The average molecular weight is 627 g/mol. The van der Waals surface area contributed by atoms with Crippen LogP contribution in [0.2, 0.25) is 0 Å². The van der Waals surface area contributed by atoms with Crippen molar-refractivity contribution in [2.24, 2.45) is 22.9 Å². The molecule has 3 fully saturated rings. The molecule has 0 aromatic rings. The summed E-state index contributed by atoms with van der Waals surface area (Å²) < 4.78 is 23.6. The van der Waals surface area contributed by atoms with Crippen LogP contribution in [0.4, 0.5) is 0 Å². The Bertz CT molecular complexity index is 847. The van der Waals surface area contributed by atoms with E-state index in [1.54, 1.807) is 0 Å². The van der Waals surface area contributed by atoms with Crippen molar-refractivity contribution in [1.82, 2.24) is 10.6 Å². The summed E-state index contributed by atoms with van der Waals surface area (Å²) in [5.41, 5.74) is 24.0. The van der Waals surface area contributed by atoms with Gasteiger partial charge in [0.2, 0.25) is 5.91 Å². The summed E-state index contributed by atoms with van der Waals surface area (Å²) in [5, 5.41) is 76.3. The van der Waals surface area contributed by atoms with Gasteiger partial charge in [-0.05, 0) is 32.2 Å². The summed E-state index contributed by atoms with van der Waals surface area (Å²) in [6.07, 6.45) is -11.6. The molecule has 2 aliphatic heterocycles. The highest BCUT2D eigenvalue weighted by Crippen LogP contribution is 2.31. The molecule has 43 heavy (non-hydrogen) atoms. The molecular weight excluding hydrogens is 576 g/mol. The number of hydrogen-bond donors (Lipinski definition) is 13. The lowest BCUT2D eigenvalue weighted by Crippen LogP contribution is -2.69. The van der Waals surface area contributed by atoms with Crippen LogP contribution in [0.1, 0.15) is 25.7 Å². The van der Waals surface area contributed by atoms with Gasteiger partial charge in [-0.2, -0.15) is 0 Å². The van der Waals surface area contributed by atoms with Crippen LogP contribution in [0.5, 0.6) is 0 Å². The van der Waals surface area contributed by atoms with Crippen LogP contribution in [0.25, 0.3) is 0 Å². The third kappa shape index (κ3) is 9.19. The molecular formula is C25H50N6O12. The maximum absolute atomic E-state index is 12.7. The van der Waals surface area contributed by atoms with Gasteiger partial charge in [-0.25, -0.2) is 0 Å². The molecule has 14 unspecified atom stereocenters. The molecule has 18 heteroatoms. The van der Waals surface area contributed by atoms with Crippen LogP contribution in [0.3, 0.4) is 0 Å². The summed E-state index contributed by atoms with van der Waals surface area (Å²) in [6.45, 7) is -0.841. The van der Waals surface area contributed by atoms with Gasteiger partial charge in [0.1, 0.15) is 42.7 Å². The molecule has 0 spiro atoms. The minimum atomic E-state index is -1.58. The van der Waals surface area contributed by atoms with Crippen LogP contribution >= 0.6 is 0 Å². The molecule has 0 aromatic heterocycles. The van der Waals surface area contributed by atoms with Gasteiger partial charge in [0, 0.05) is 12.6 Å². The third-order valence-electron chi connectivity index (χ3n) is 8.18. The number of carbonyl (C=O) groups is 1. The van der Waals surface area contributed by atoms with Crippen LogP contribution in [0, 0.1) is 0 Å². The maximum Gasteiger partial charge on any atom is 0.249 e. The summed E-state index contributed by atoms with van der Waals surface area (Å²) in [4.78, 5) is 12.7. The lowest BCUT2D eigenvalue weighted by Gasteiger charge is -2.48. The van der Waals surface area contributed by atoms with Crippen molar-refractivity contribution < 1.29 is 59.5 Å². The number of aliphatic hydroxyl groups excluding tert-OH is 7. The van der Waals surface area contributed by atoms with E-state index in [9.17, 15) is 40.5 Å². The zero-order chi connectivity index (χ0) is 31.8. The molecule has 0 radical (unpaired) electrons. The highest BCUT2D eigenvalue weighted by atomic mass is 16.7. The van der Waals surface area contributed by atoms with Gasteiger partial charge in [-0.1, -0.05) is 0 Å². The van der Waals surface area contributed by atoms with Crippen LogP contribution in [-0.2, 0) is 23.7 Å². The van der Waals surface area contributed by atoms with Crippen molar-refractivity contribution in [3.8, 4) is 0 Å². The number of amides is 1. The predicted molar refractivity (Wildman–Crippen MR) is 148 cm³/mol. The van der Waals surface area contributed by atoms with Gasteiger partial charge in [-0.3, -0.25) is 4.79 Å². The first kappa shape index (κ1) is 36.3. The van der Waals surface area contributed by atoms with E-state index >= 15 is 0 Å². The second-order valence-electron chi connectivity index (χ2n) is 11.4. The quantitative estimate of drug-likeness (QED) is 0.0851. The Balaban J connectivity index is 1.78. The number of hydrogen-bond acceptors (Lipinski definition) is 17. The Morgan fingerprint density at radius 1 is 0.907 bits per heavy atom. The minimum Gasteiger partial charge on any atom is -0.395 e. The molecule has 1 amide bonds. The van der Waals surface area contributed by atoms with Crippen molar-refractivity contribution in [1.29, 1.82) is 0 Å². The molecule has 1 aliphatic carbocycles. The summed E-state index contributed by atoms with van der Waals surface area (Å²) >= 11 is 0. The lowest BCUT2D eigenvalue weighted by molar-refractivity contribution is -0.314. The number of nitrogens with two attached hydrogens (primary N) is 4. The van der Waals surface area contributed by atoms with Crippen LogP contribution in [-0.4, -0.2) is 166 Å². The Morgan fingerprint density at radius 3 is 2.21 bits per heavy atom. The van der Waals surface area contributed by atoms with E-state index in [0.29, 0.717) is 12.8 Å². The number of nitrogens with one attached hydrogen (secondary N) is 2. The third-order valence-corrected chi connectivity index (χ3v) is 8.18. The van der Waals surface area contributed by atoms with Crippen molar-refractivity contribution in [3.63, 3.8) is 0 Å². The van der Waals surface area contributed by atoms with Crippen molar-refractivity contribution in [3.05, 3.63) is 0 Å². The van der Waals surface area contributed by atoms with Crippen LogP contribution in [0.15, 0.2) is 0 Å². The highest BCUT2D eigenvalue weighted by molar-refractivity contribution is 5.80. The second kappa shape index (κ2) is 16.9. The van der Waals surface area contributed by atoms with Crippen molar-refractivity contribution in [2.75, 3.05) is 32.9 Å². The molecule has 252 valence electrons. The van der Waals surface area contributed by atoms with Gasteiger partial charge in [0.15, 0.2) is 12.6 Å². The van der Waals surface area contributed by atoms with E-state index in [4.69, 9.17) is 41.9 Å². The van der Waals surface area contributed by atoms with Gasteiger partial charge in [0.25, 0.3) is 0 Å². The molecule has 18 nitrogen and oxygen atoms in total. The summed E-state index contributed by atoms with van der Waals surface area (Å²) in [5.74, 6) is -0.787. The van der Waals surface area contributed by atoms with E-state index in [0.717, 1.165) is 0 Å². The van der Waals surface area contributed by atoms with E-state index < -0.39 is 98.0 Å². The number of ether oxygens (including phenoxy) is 4. The Morgan fingerprint density at radius 2 is 1.58 bits per heavy atom. The molecule has 3 aliphatic rings. The number of rotatable bonds is 14.